The van der Waals surface area contributed by atoms with Crippen LogP contribution in [-0.4, -0.2) is 42.4 Å². The number of aryl methyl sites for hydroxylation is 3. The summed E-state index contributed by atoms with van der Waals surface area (Å²) < 4.78 is 4.51. The predicted octanol–water partition coefficient (Wildman–Crippen LogP) is 4.19. The van der Waals surface area contributed by atoms with Gasteiger partial charge in [0.2, 0.25) is 0 Å². The number of para-hydroxylation sites is 1. The molecule has 3 heterocycles. The van der Waals surface area contributed by atoms with Crippen molar-refractivity contribution in [3.63, 3.8) is 0 Å². The van der Waals surface area contributed by atoms with Crippen LogP contribution < -0.4 is 0 Å². The zero-order valence-electron chi connectivity index (χ0n) is 17.4. The maximum absolute atomic E-state index is 13.5. The highest BCUT2D eigenvalue weighted by molar-refractivity contribution is 9.10. The van der Waals surface area contributed by atoms with Gasteiger partial charge in [0.15, 0.2) is 0 Å². The monoisotopic (exact) mass is 466 g/mol. The molecule has 154 valence electrons. The molecular weight excluding hydrogens is 444 g/mol. The van der Waals surface area contributed by atoms with Crippen molar-refractivity contribution in [2.24, 2.45) is 7.05 Å². The van der Waals surface area contributed by atoms with Gasteiger partial charge < -0.3 is 4.90 Å². The molecule has 0 fully saturated rings. The first kappa shape index (κ1) is 20.3. The van der Waals surface area contributed by atoms with E-state index in [0.29, 0.717) is 12.1 Å². The van der Waals surface area contributed by atoms with Gasteiger partial charge in [0.1, 0.15) is 0 Å². The Kier molecular flexibility index (Phi) is 5.42. The molecule has 0 bridgehead atoms. The van der Waals surface area contributed by atoms with Crippen LogP contribution in [0.15, 0.2) is 47.2 Å². The molecule has 7 nitrogen and oxygen atoms in total. The van der Waals surface area contributed by atoms with Gasteiger partial charge in [-0.25, -0.2) is 4.98 Å². The van der Waals surface area contributed by atoms with Crippen molar-refractivity contribution in [3.05, 3.63) is 64.1 Å². The fourth-order valence-corrected chi connectivity index (χ4v) is 3.99. The maximum atomic E-state index is 13.5. The molecule has 4 aromatic rings. The predicted molar refractivity (Wildman–Crippen MR) is 120 cm³/mol. The Morgan fingerprint density at radius 3 is 2.63 bits per heavy atom. The topological polar surface area (TPSA) is 68.8 Å². The van der Waals surface area contributed by atoms with Gasteiger partial charge in [0, 0.05) is 44.0 Å². The molecule has 0 radical (unpaired) electrons. The van der Waals surface area contributed by atoms with Gasteiger partial charge in [-0.05, 0) is 41.9 Å². The minimum Gasteiger partial charge on any atom is -0.336 e. The Bertz CT molecular complexity index is 1240. The minimum atomic E-state index is -0.0747. The molecule has 3 aromatic heterocycles. The van der Waals surface area contributed by atoms with Gasteiger partial charge in [-0.1, -0.05) is 18.2 Å². The number of halogens is 1. The summed E-state index contributed by atoms with van der Waals surface area (Å²) in [5.41, 5.74) is 4.77. The first-order chi connectivity index (χ1) is 14.4. The molecule has 0 aliphatic rings. The molecule has 0 aliphatic heterocycles. The smallest absolute Gasteiger partial charge is 0.254 e. The Morgan fingerprint density at radius 1 is 1.20 bits per heavy atom. The van der Waals surface area contributed by atoms with E-state index in [1.54, 1.807) is 16.6 Å². The second-order valence-electron chi connectivity index (χ2n) is 7.31. The van der Waals surface area contributed by atoms with Crippen molar-refractivity contribution in [1.82, 2.24) is 29.4 Å². The highest BCUT2D eigenvalue weighted by Crippen LogP contribution is 2.28. The van der Waals surface area contributed by atoms with Crippen LogP contribution in [0.5, 0.6) is 0 Å². The Labute approximate surface area is 183 Å². The zero-order chi connectivity index (χ0) is 21.4. The van der Waals surface area contributed by atoms with Gasteiger partial charge in [0.25, 0.3) is 5.91 Å². The third-order valence-corrected chi connectivity index (χ3v) is 5.74. The maximum Gasteiger partial charge on any atom is 0.254 e. The van der Waals surface area contributed by atoms with Crippen molar-refractivity contribution in [1.29, 1.82) is 0 Å². The molecular formula is C22H23BrN6O. The summed E-state index contributed by atoms with van der Waals surface area (Å²) in [5, 5.41) is 9.79. The molecule has 0 saturated carbocycles. The summed E-state index contributed by atoms with van der Waals surface area (Å²) in [7, 11) is 3.68. The van der Waals surface area contributed by atoms with E-state index in [2.05, 4.69) is 26.1 Å². The molecule has 0 spiro atoms. The highest BCUT2D eigenvalue weighted by atomic mass is 79.9. The van der Waals surface area contributed by atoms with Crippen LogP contribution in [0.1, 0.15) is 28.7 Å². The Morgan fingerprint density at radius 2 is 1.97 bits per heavy atom. The summed E-state index contributed by atoms with van der Waals surface area (Å²) in [6.45, 7) is 5.16. The van der Waals surface area contributed by atoms with E-state index < -0.39 is 0 Å². The number of hydrogen-bond acceptors (Lipinski definition) is 4. The number of aromatic nitrogens is 5. The largest absolute Gasteiger partial charge is 0.336 e. The van der Waals surface area contributed by atoms with Gasteiger partial charge in [-0.2, -0.15) is 10.2 Å². The average molecular weight is 467 g/mol. The van der Waals surface area contributed by atoms with E-state index in [9.17, 15) is 4.79 Å². The lowest BCUT2D eigenvalue weighted by Crippen LogP contribution is -2.27. The number of hydrogen-bond donors (Lipinski definition) is 0. The van der Waals surface area contributed by atoms with Crippen molar-refractivity contribution in [3.8, 4) is 11.3 Å². The molecule has 0 N–H and O–H groups in total. The summed E-state index contributed by atoms with van der Waals surface area (Å²) >= 11 is 3.54. The first-order valence-corrected chi connectivity index (χ1v) is 10.5. The van der Waals surface area contributed by atoms with Gasteiger partial charge in [-0.3, -0.25) is 14.2 Å². The summed E-state index contributed by atoms with van der Waals surface area (Å²) in [6, 6.07) is 9.59. The van der Waals surface area contributed by atoms with Crippen LogP contribution in [0.3, 0.4) is 0 Å². The van der Waals surface area contributed by atoms with E-state index in [1.165, 1.54) is 0 Å². The number of carbonyl (C=O) groups excluding carboxylic acids is 1. The van der Waals surface area contributed by atoms with Crippen LogP contribution in [-0.2, 0) is 20.1 Å². The van der Waals surface area contributed by atoms with E-state index in [1.807, 2.05) is 68.3 Å². The van der Waals surface area contributed by atoms with E-state index >= 15 is 0 Å². The second kappa shape index (κ2) is 8.02. The van der Waals surface area contributed by atoms with E-state index in [-0.39, 0.29) is 5.91 Å². The minimum absolute atomic E-state index is 0.0747. The molecule has 0 saturated heterocycles. The van der Waals surface area contributed by atoms with Crippen molar-refractivity contribution in [2.75, 3.05) is 7.05 Å². The van der Waals surface area contributed by atoms with Crippen LogP contribution in [0.25, 0.3) is 22.2 Å². The molecule has 0 atom stereocenters. The van der Waals surface area contributed by atoms with Crippen molar-refractivity contribution in [2.45, 2.75) is 26.9 Å². The highest BCUT2D eigenvalue weighted by Gasteiger charge is 2.20. The molecule has 1 aromatic carbocycles. The molecule has 30 heavy (non-hydrogen) atoms. The molecule has 0 aliphatic carbocycles. The molecule has 4 rings (SSSR count). The number of pyridine rings is 1. The SMILES string of the molecule is CCn1cc(Br)c(CN(C)C(=O)c2cc(-c3cn(C)nc3C)nc3ccccc23)n1. The number of benzene rings is 1. The quantitative estimate of drug-likeness (QED) is 0.441. The molecule has 0 unspecified atom stereocenters. The second-order valence-corrected chi connectivity index (χ2v) is 8.17. The van der Waals surface area contributed by atoms with Crippen LogP contribution in [0.4, 0.5) is 0 Å². The number of nitrogens with zero attached hydrogens (tertiary/aromatic N) is 6. The molecule has 8 heteroatoms. The summed E-state index contributed by atoms with van der Waals surface area (Å²) in [6.07, 6.45) is 3.86. The van der Waals surface area contributed by atoms with Crippen LogP contribution in [0, 0.1) is 6.92 Å². The van der Waals surface area contributed by atoms with Crippen LogP contribution in [0.2, 0.25) is 0 Å². The number of rotatable bonds is 5. The summed E-state index contributed by atoms with van der Waals surface area (Å²) in [5.74, 6) is -0.0747. The van der Waals surface area contributed by atoms with Gasteiger partial charge in [-0.15, -0.1) is 0 Å². The summed E-state index contributed by atoms with van der Waals surface area (Å²) in [4.78, 5) is 19.9. The fourth-order valence-electron chi connectivity index (χ4n) is 3.55. The lowest BCUT2D eigenvalue weighted by Gasteiger charge is -2.18. The van der Waals surface area contributed by atoms with E-state index in [0.717, 1.165) is 44.6 Å². The average Bonchev–Trinajstić information content (AvgIpc) is 3.27. The lowest BCUT2D eigenvalue weighted by molar-refractivity contribution is 0.0785. The van der Waals surface area contributed by atoms with Gasteiger partial charge in [0.05, 0.1) is 39.2 Å². The normalized spacial score (nSPS) is 11.2. The number of fused-ring (bicyclic) bond motifs is 1. The molecule has 1 amide bonds. The Balaban J connectivity index is 1.75. The van der Waals surface area contributed by atoms with Crippen molar-refractivity contribution < 1.29 is 4.79 Å². The third kappa shape index (κ3) is 3.75. The standard InChI is InChI=1S/C22H23BrN6O/c1-5-29-12-18(23)21(26-29)13-27(3)22(30)16-10-20(17-11-28(4)25-14(17)2)24-19-9-7-6-8-15(16)19/h6-12H,5,13H2,1-4H3. The fraction of sp³-hybridized carbons (Fsp3) is 0.273. The lowest BCUT2D eigenvalue weighted by atomic mass is 10.0. The first-order valence-electron chi connectivity index (χ1n) is 9.75. The van der Waals surface area contributed by atoms with E-state index in [4.69, 9.17) is 4.98 Å². The third-order valence-electron chi connectivity index (χ3n) is 5.08. The van der Waals surface area contributed by atoms with Crippen LogP contribution >= 0.6 is 15.9 Å². The Hall–Kier alpha value is -3.00. The zero-order valence-corrected chi connectivity index (χ0v) is 19.0. The number of carbonyl (C=O) groups is 1. The number of amides is 1. The van der Waals surface area contributed by atoms with Crippen molar-refractivity contribution >= 4 is 32.7 Å². The van der Waals surface area contributed by atoms with Gasteiger partial charge >= 0.3 is 0 Å².